The van der Waals surface area contributed by atoms with Crippen LogP contribution in [0.1, 0.15) is 47.9 Å². The minimum Gasteiger partial charge on any atom is -0.309 e. The predicted molar refractivity (Wildman–Crippen MR) is 113 cm³/mol. The largest absolute Gasteiger partial charge is 0.333 e. The summed E-state index contributed by atoms with van der Waals surface area (Å²) < 4.78 is 28.7. The average molecular weight is 434 g/mol. The van der Waals surface area contributed by atoms with E-state index in [1.165, 1.54) is 22.3 Å². The van der Waals surface area contributed by atoms with Crippen LogP contribution in [0.15, 0.2) is 6.07 Å². The molecule has 1 radical (unpaired) electrons. The van der Waals surface area contributed by atoms with Gasteiger partial charge in [0, 0.05) is 63.6 Å². The molecule has 0 saturated heterocycles. The molecule has 0 unspecified atom stereocenters. The van der Waals surface area contributed by atoms with Gasteiger partial charge >= 0.3 is 16.2 Å². The van der Waals surface area contributed by atoms with Crippen LogP contribution in [0.5, 0.6) is 0 Å². The second-order valence-corrected chi connectivity index (χ2v) is 9.20. The molecular formula is C19H30KN4O3S. The van der Waals surface area contributed by atoms with Crippen molar-refractivity contribution >= 4 is 73.3 Å². The van der Waals surface area contributed by atoms with E-state index in [0.717, 1.165) is 63.6 Å². The Balaban J connectivity index is 0.00000280. The first-order valence-corrected chi connectivity index (χ1v) is 11.2. The molecule has 0 spiro atoms. The molecule has 3 rings (SSSR count). The summed E-state index contributed by atoms with van der Waals surface area (Å²) in [5.74, 6) is 0. The molecule has 0 fully saturated rings. The van der Waals surface area contributed by atoms with Gasteiger partial charge in [-0.1, -0.05) is 6.07 Å². The molecule has 7 nitrogen and oxygen atoms in total. The molecule has 28 heavy (non-hydrogen) atoms. The fourth-order valence-corrected chi connectivity index (χ4v) is 4.80. The van der Waals surface area contributed by atoms with Crippen molar-refractivity contribution in [2.75, 3.05) is 32.5 Å². The Morgan fingerprint density at radius 2 is 1.64 bits per heavy atom. The number of benzene rings is 1. The SMILES string of the molecule is CN(C)CCCCNS(=O)(=O)NC(=O)Nc1c2c(cc3c1CCC3)CCC2.[K]. The number of amides is 2. The van der Waals surface area contributed by atoms with Gasteiger partial charge in [0.1, 0.15) is 0 Å². The third kappa shape index (κ3) is 6.50. The second kappa shape index (κ2) is 10.9. The van der Waals surface area contributed by atoms with E-state index < -0.39 is 16.2 Å². The van der Waals surface area contributed by atoms with E-state index in [0.29, 0.717) is 6.54 Å². The van der Waals surface area contributed by atoms with Crippen LogP contribution in [-0.2, 0) is 35.9 Å². The topological polar surface area (TPSA) is 90.5 Å². The van der Waals surface area contributed by atoms with Crippen molar-refractivity contribution in [2.24, 2.45) is 0 Å². The third-order valence-electron chi connectivity index (χ3n) is 5.26. The van der Waals surface area contributed by atoms with Crippen LogP contribution in [0.2, 0.25) is 0 Å². The van der Waals surface area contributed by atoms with Crippen molar-refractivity contribution in [3.05, 3.63) is 28.3 Å². The van der Waals surface area contributed by atoms with Gasteiger partial charge < -0.3 is 10.2 Å². The van der Waals surface area contributed by atoms with Crippen molar-refractivity contribution in [3.8, 4) is 0 Å². The van der Waals surface area contributed by atoms with Gasteiger partial charge in [-0.3, -0.25) is 0 Å². The number of nitrogens with one attached hydrogen (secondary N) is 3. The number of rotatable bonds is 8. The molecule has 0 saturated carbocycles. The van der Waals surface area contributed by atoms with E-state index in [9.17, 15) is 13.2 Å². The van der Waals surface area contributed by atoms with Gasteiger partial charge in [0.15, 0.2) is 0 Å². The molecule has 0 atom stereocenters. The quantitative estimate of drug-likeness (QED) is 0.429. The molecular weight excluding hydrogens is 403 g/mol. The fraction of sp³-hybridized carbons (Fsp3) is 0.632. The number of urea groups is 1. The summed E-state index contributed by atoms with van der Waals surface area (Å²) in [6.45, 7) is 1.21. The maximum absolute atomic E-state index is 12.4. The molecule has 9 heteroatoms. The Morgan fingerprint density at radius 3 is 2.21 bits per heavy atom. The van der Waals surface area contributed by atoms with Gasteiger partial charge in [0.2, 0.25) is 0 Å². The summed E-state index contributed by atoms with van der Waals surface area (Å²) in [6, 6.07) is 1.59. The summed E-state index contributed by atoms with van der Waals surface area (Å²) in [5, 5.41) is 2.84. The predicted octanol–water partition coefficient (Wildman–Crippen LogP) is 1.58. The molecule has 2 aliphatic rings. The summed E-state index contributed by atoms with van der Waals surface area (Å²) in [7, 11) is 0.103. The zero-order valence-corrected chi connectivity index (χ0v) is 21.2. The van der Waals surface area contributed by atoms with Crippen LogP contribution in [-0.4, -0.2) is 97.9 Å². The van der Waals surface area contributed by atoms with Crippen LogP contribution >= 0.6 is 0 Å². The van der Waals surface area contributed by atoms with Crippen molar-refractivity contribution in [1.82, 2.24) is 14.3 Å². The molecule has 0 bridgehead atoms. The zero-order valence-electron chi connectivity index (χ0n) is 17.2. The third-order valence-corrected chi connectivity index (χ3v) is 6.30. The normalized spacial score (nSPS) is 15.1. The molecule has 1 aromatic rings. The van der Waals surface area contributed by atoms with E-state index in [4.69, 9.17) is 0 Å². The maximum Gasteiger partial charge on any atom is 0.333 e. The Hall–Kier alpha value is -0.00364. The van der Waals surface area contributed by atoms with Crippen LogP contribution in [0.4, 0.5) is 10.5 Å². The number of carbonyl (C=O) groups is 1. The first kappa shape index (κ1) is 24.3. The zero-order chi connectivity index (χ0) is 19.4. The number of unbranched alkanes of at least 4 members (excludes halogenated alkanes) is 1. The smallest absolute Gasteiger partial charge is 0.309 e. The number of aryl methyl sites for hydroxylation is 2. The molecule has 151 valence electrons. The summed E-state index contributed by atoms with van der Waals surface area (Å²) in [6.07, 6.45) is 7.73. The first-order valence-electron chi connectivity index (χ1n) is 9.75. The van der Waals surface area contributed by atoms with E-state index in [2.05, 4.69) is 25.7 Å². The fourth-order valence-electron chi connectivity index (χ4n) is 4.02. The van der Waals surface area contributed by atoms with Crippen molar-refractivity contribution in [3.63, 3.8) is 0 Å². The number of carbonyl (C=O) groups excluding carboxylic acids is 1. The summed E-state index contributed by atoms with van der Waals surface area (Å²) in [4.78, 5) is 14.4. The molecule has 0 aliphatic heterocycles. The number of hydrogen-bond donors (Lipinski definition) is 3. The number of nitrogens with zero attached hydrogens (tertiary/aromatic N) is 1. The van der Waals surface area contributed by atoms with E-state index >= 15 is 0 Å². The summed E-state index contributed by atoms with van der Waals surface area (Å²) >= 11 is 0. The number of fused-ring (bicyclic) bond motifs is 2. The Labute approximate surface area is 211 Å². The Bertz CT molecular complexity index is 780. The second-order valence-electron chi connectivity index (χ2n) is 7.70. The van der Waals surface area contributed by atoms with E-state index in [1.54, 1.807) is 0 Å². The van der Waals surface area contributed by atoms with Gasteiger partial charge in [-0.15, -0.1) is 0 Å². The minimum atomic E-state index is -3.86. The Kier molecular flexibility index (Phi) is 9.41. The molecule has 0 heterocycles. The molecule has 1 aromatic carbocycles. The number of anilines is 1. The first-order chi connectivity index (χ1) is 12.9. The standard InChI is InChI=1S/C19H30N4O3S.K/c1-23(2)12-4-3-11-20-27(25,26)22-19(24)21-18-16-9-5-7-14(16)13-15-8-6-10-17(15)18;/h13,20H,3-12H2,1-2H3,(H2,21,22,24);. The van der Waals surface area contributed by atoms with Crippen molar-refractivity contribution in [2.45, 2.75) is 51.4 Å². The van der Waals surface area contributed by atoms with Crippen LogP contribution in [0.3, 0.4) is 0 Å². The Morgan fingerprint density at radius 1 is 1.04 bits per heavy atom. The van der Waals surface area contributed by atoms with Gasteiger partial charge in [0.05, 0.1) is 0 Å². The van der Waals surface area contributed by atoms with Gasteiger partial charge in [-0.2, -0.15) is 13.1 Å². The van der Waals surface area contributed by atoms with Crippen LogP contribution in [0.25, 0.3) is 0 Å². The summed E-state index contributed by atoms with van der Waals surface area (Å²) in [5.41, 5.74) is 5.80. The molecule has 2 aliphatic carbocycles. The average Bonchev–Trinajstić information content (AvgIpc) is 3.22. The minimum absolute atomic E-state index is 0. The maximum atomic E-state index is 12.4. The van der Waals surface area contributed by atoms with E-state index in [-0.39, 0.29) is 51.4 Å². The monoisotopic (exact) mass is 433 g/mol. The molecule has 3 N–H and O–H groups in total. The number of hydrogen-bond acceptors (Lipinski definition) is 4. The molecule has 2 amide bonds. The van der Waals surface area contributed by atoms with E-state index in [1.807, 2.05) is 14.1 Å². The van der Waals surface area contributed by atoms with Gasteiger partial charge in [-0.25, -0.2) is 9.52 Å². The molecule has 0 aromatic heterocycles. The van der Waals surface area contributed by atoms with Gasteiger partial charge in [-0.05, 0) is 94.3 Å². The van der Waals surface area contributed by atoms with Crippen LogP contribution in [0, 0.1) is 0 Å². The van der Waals surface area contributed by atoms with Crippen molar-refractivity contribution < 1.29 is 13.2 Å². The van der Waals surface area contributed by atoms with Crippen LogP contribution < -0.4 is 14.8 Å². The van der Waals surface area contributed by atoms with Gasteiger partial charge in [0.25, 0.3) is 0 Å². The van der Waals surface area contributed by atoms with Crippen molar-refractivity contribution in [1.29, 1.82) is 0 Å².